The normalized spacial score (nSPS) is 15.7. The SMILES string of the molecule is CN(CC1CCCC1)C(=O)c1cccc(CCN)c1. The number of nitrogens with two attached hydrogens (primary N) is 1. The molecule has 3 nitrogen and oxygen atoms in total. The number of rotatable bonds is 5. The summed E-state index contributed by atoms with van der Waals surface area (Å²) in [6.45, 7) is 1.51. The third-order valence-electron chi connectivity index (χ3n) is 3.96. The highest BCUT2D eigenvalue weighted by Crippen LogP contribution is 2.25. The van der Waals surface area contributed by atoms with Crippen LogP contribution in [0, 0.1) is 5.92 Å². The fourth-order valence-electron chi connectivity index (χ4n) is 2.91. The van der Waals surface area contributed by atoms with E-state index in [9.17, 15) is 4.79 Å². The Morgan fingerprint density at radius 1 is 1.37 bits per heavy atom. The van der Waals surface area contributed by atoms with E-state index in [0.29, 0.717) is 12.5 Å². The van der Waals surface area contributed by atoms with Crippen LogP contribution in [0.5, 0.6) is 0 Å². The summed E-state index contributed by atoms with van der Waals surface area (Å²) in [5.74, 6) is 0.826. The van der Waals surface area contributed by atoms with Crippen molar-refractivity contribution in [2.24, 2.45) is 11.7 Å². The van der Waals surface area contributed by atoms with Crippen LogP contribution < -0.4 is 5.73 Å². The van der Waals surface area contributed by atoms with Crippen molar-refractivity contribution in [1.29, 1.82) is 0 Å². The lowest BCUT2D eigenvalue weighted by atomic mass is 10.1. The summed E-state index contributed by atoms with van der Waals surface area (Å²) in [6.07, 6.45) is 6.00. The molecule has 0 radical (unpaired) electrons. The van der Waals surface area contributed by atoms with Gasteiger partial charge in [-0.15, -0.1) is 0 Å². The van der Waals surface area contributed by atoms with E-state index in [4.69, 9.17) is 5.73 Å². The van der Waals surface area contributed by atoms with E-state index in [0.717, 1.165) is 24.1 Å². The summed E-state index contributed by atoms with van der Waals surface area (Å²) >= 11 is 0. The first-order valence-corrected chi connectivity index (χ1v) is 7.25. The summed E-state index contributed by atoms with van der Waals surface area (Å²) in [5.41, 5.74) is 7.49. The second-order valence-corrected chi connectivity index (χ2v) is 5.58. The zero-order chi connectivity index (χ0) is 13.7. The van der Waals surface area contributed by atoms with Gasteiger partial charge in [-0.3, -0.25) is 4.79 Å². The van der Waals surface area contributed by atoms with Gasteiger partial charge in [0.25, 0.3) is 5.91 Å². The molecule has 2 rings (SSSR count). The Morgan fingerprint density at radius 3 is 2.79 bits per heavy atom. The van der Waals surface area contributed by atoms with Crippen LogP contribution in [-0.4, -0.2) is 30.9 Å². The predicted octanol–water partition coefficient (Wildman–Crippen LogP) is 2.45. The van der Waals surface area contributed by atoms with Gasteiger partial charge in [0.05, 0.1) is 0 Å². The molecule has 0 aromatic heterocycles. The second kappa shape index (κ2) is 6.71. The summed E-state index contributed by atoms with van der Waals surface area (Å²) < 4.78 is 0. The summed E-state index contributed by atoms with van der Waals surface area (Å²) in [4.78, 5) is 14.3. The van der Waals surface area contributed by atoms with Gasteiger partial charge in [-0.2, -0.15) is 0 Å². The number of hydrogen-bond acceptors (Lipinski definition) is 2. The van der Waals surface area contributed by atoms with Gasteiger partial charge in [0.1, 0.15) is 0 Å². The molecule has 0 bridgehead atoms. The van der Waals surface area contributed by atoms with Crippen molar-refractivity contribution in [2.45, 2.75) is 32.1 Å². The highest BCUT2D eigenvalue weighted by molar-refractivity contribution is 5.94. The van der Waals surface area contributed by atoms with E-state index in [1.807, 2.05) is 36.2 Å². The number of carbonyl (C=O) groups is 1. The van der Waals surface area contributed by atoms with E-state index in [1.54, 1.807) is 0 Å². The van der Waals surface area contributed by atoms with Crippen molar-refractivity contribution in [3.8, 4) is 0 Å². The Kier molecular flexibility index (Phi) is 4.97. The van der Waals surface area contributed by atoms with Crippen LogP contribution in [0.2, 0.25) is 0 Å². The lowest BCUT2D eigenvalue weighted by Gasteiger charge is -2.21. The topological polar surface area (TPSA) is 46.3 Å². The minimum Gasteiger partial charge on any atom is -0.341 e. The summed E-state index contributed by atoms with van der Waals surface area (Å²) in [7, 11) is 1.91. The third-order valence-corrected chi connectivity index (χ3v) is 3.96. The Morgan fingerprint density at radius 2 is 2.11 bits per heavy atom. The maximum atomic E-state index is 12.4. The van der Waals surface area contributed by atoms with E-state index >= 15 is 0 Å². The molecule has 0 heterocycles. The van der Waals surface area contributed by atoms with Gasteiger partial charge >= 0.3 is 0 Å². The fourth-order valence-corrected chi connectivity index (χ4v) is 2.91. The van der Waals surface area contributed by atoms with Gasteiger partial charge in [-0.05, 0) is 49.4 Å². The molecule has 0 spiro atoms. The first kappa shape index (κ1) is 14.1. The Balaban J connectivity index is 1.99. The second-order valence-electron chi connectivity index (χ2n) is 5.58. The number of nitrogens with zero attached hydrogens (tertiary/aromatic N) is 1. The Labute approximate surface area is 115 Å². The molecule has 1 amide bonds. The Bertz CT molecular complexity index is 425. The van der Waals surface area contributed by atoms with E-state index < -0.39 is 0 Å². The minimum atomic E-state index is 0.130. The molecule has 2 N–H and O–H groups in total. The first-order chi connectivity index (χ1) is 9.20. The Hall–Kier alpha value is -1.35. The van der Waals surface area contributed by atoms with Crippen molar-refractivity contribution in [1.82, 2.24) is 4.90 Å². The van der Waals surface area contributed by atoms with Crippen molar-refractivity contribution >= 4 is 5.91 Å². The highest BCUT2D eigenvalue weighted by Gasteiger charge is 2.20. The minimum absolute atomic E-state index is 0.130. The van der Waals surface area contributed by atoms with Crippen LogP contribution in [0.4, 0.5) is 0 Å². The van der Waals surface area contributed by atoms with E-state index in [2.05, 4.69) is 0 Å². The lowest BCUT2D eigenvalue weighted by molar-refractivity contribution is 0.0773. The van der Waals surface area contributed by atoms with Crippen LogP contribution >= 0.6 is 0 Å². The van der Waals surface area contributed by atoms with Crippen molar-refractivity contribution in [3.63, 3.8) is 0 Å². The smallest absolute Gasteiger partial charge is 0.253 e. The maximum Gasteiger partial charge on any atom is 0.253 e. The quantitative estimate of drug-likeness (QED) is 0.884. The average Bonchev–Trinajstić information content (AvgIpc) is 2.91. The lowest BCUT2D eigenvalue weighted by Crippen LogP contribution is -2.31. The monoisotopic (exact) mass is 260 g/mol. The number of carbonyl (C=O) groups excluding carboxylic acids is 1. The average molecular weight is 260 g/mol. The maximum absolute atomic E-state index is 12.4. The molecule has 19 heavy (non-hydrogen) atoms. The van der Waals surface area contributed by atoms with Gasteiger partial charge < -0.3 is 10.6 Å². The molecular weight excluding hydrogens is 236 g/mol. The zero-order valence-electron chi connectivity index (χ0n) is 11.8. The van der Waals surface area contributed by atoms with Crippen LogP contribution in [0.1, 0.15) is 41.6 Å². The van der Waals surface area contributed by atoms with Crippen molar-refractivity contribution in [2.75, 3.05) is 20.1 Å². The van der Waals surface area contributed by atoms with Crippen LogP contribution in [-0.2, 0) is 6.42 Å². The van der Waals surface area contributed by atoms with E-state index in [1.165, 1.54) is 25.7 Å². The molecule has 0 saturated heterocycles. The van der Waals surface area contributed by atoms with Gasteiger partial charge in [-0.25, -0.2) is 0 Å². The van der Waals surface area contributed by atoms with Crippen LogP contribution in [0.15, 0.2) is 24.3 Å². The number of benzene rings is 1. The molecule has 1 aromatic carbocycles. The molecule has 1 aromatic rings. The summed E-state index contributed by atoms with van der Waals surface area (Å²) in [5, 5.41) is 0. The van der Waals surface area contributed by atoms with Gasteiger partial charge in [-0.1, -0.05) is 25.0 Å². The molecule has 0 unspecified atom stereocenters. The molecule has 1 aliphatic rings. The third kappa shape index (κ3) is 3.80. The molecule has 1 fully saturated rings. The van der Waals surface area contributed by atoms with Gasteiger partial charge in [0, 0.05) is 19.2 Å². The standard InChI is InChI=1S/C16H24N2O/c1-18(12-14-5-2-3-6-14)16(19)15-8-4-7-13(11-15)9-10-17/h4,7-8,11,14H,2-3,5-6,9-10,12,17H2,1H3. The molecule has 0 atom stereocenters. The van der Waals surface area contributed by atoms with E-state index in [-0.39, 0.29) is 5.91 Å². The molecule has 1 saturated carbocycles. The van der Waals surface area contributed by atoms with Gasteiger partial charge in [0.2, 0.25) is 0 Å². The highest BCUT2D eigenvalue weighted by atomic mass is 16.2. The predicted molar refractivity (Wildman–Crippen MR) is 78.1 cm³/mol. The van der Waals surface area contributed by atoms with Crippen LogP contribution in [0.25, 0.3) is 0 Å². The molecular formula is C16H24N2O. The molecule has 3 heteroatoms. The van der Waals surface area contributed by atoms with Gasteiger partial charge in [0.15, 0.2) is 0 Å². The number of amides is 1. The summed E-state index contributed by atoms with van der Waals surface area (Å²) in [6, 6.07) is 7.84. The fraction of sp³-hybridized carbons (Fsp3) is 0.562. The largest absolute Gasteiger partial charge is 0.341 e. The molecule has 104 valence electrons. The van der Waals surface area contributed by atoms with Crippen molar-refractivity contribution < 1.29 is 4.79 Å². The zero-order valence-corrected chi connectivity index (χ0v) is 11.8. The first-order valence-electron chi connectivity index (χ1n) is 7.25. The molecule has 0 aliphatic heterocycles. The van der Waals surface area contributed by atoms with Crippen molar-refractivity contribution in [3.05, 3.63) is 35.4 Å². The van der Waals surface area contributed by atoms with Crippen LogP contribution in [0.3, 0.4) is 0 Å². The number of hydrogen-bond donors (Lipinski definition) is 1. The molecule has 1 aliphatic carbocycles.